The number of thiazole rings is 1. The topological polar surface area (TPSA) is 59.6 Å². The van der Waals surface area contributed by atoms with Crippen LogP contribution in [0.5, 0.6) is 0 Å². The Morgan fingerprint density at radius 3 is 2.39 bits per heavy atom. The molecule has 46 heavy (non-hydrogen) atoms. The van der Waals surface area contributed by atoms with E-state index in [4.69, 9.17) is 16.6 Å². The molecule has 6 aromatic rings. The van der Waals surface area contributed by atoms with Gasteiger partial charge >= 0.3 is 0 Å². The van der Waals surface area contributed by atoms with Crippen LogP contribution in [0.1, 0.15) is 43.5 Å². The third-order valence-electron chi connectivity index (χ3n) is 8.82. The Morgan fingerprint density at radius 1 is 0.935 bits per heavy atom. The highest BCUT2D eigenvalue weighted by Crippen LogP contribution is 2.32. The van der Waals surface area contributed by atoms with E-state index in [1.807, 2.05) is 51.1 Å². The van der Waals surface area contributed by atoms with Crippen LogP contribution in [-0.2, 0) is 11.3 Å². The van der Waals surface area contributed by atoms with Gasteiger partial charge in [-0.3, -0.25) is 14.2 Å². The van der Waals surface area contributed by atoms with E-state index in [9.17, 15) is 9.59 Å². The van der Waals surface area contributed by atoms with Crippen LogP contribution in [0.4, 0.5) is 0 Å². The number of fused-ring (bicyclic) bond motifs is 3. The first-order valence-electron chi connectivity index (χ1n) is 15.5. The highest BCUT2D eigenvalue weighted by atomic mass is 35.5. The van der Waals surface area contributed by atoms with Gasteiger partial charge in [-0.15, -0.1) is 0 Å². The maximum atomic E-state index is 14.3. The van der Waals surface area contributed by atoms with Crippen LogP contribution < -0.4 is 14.9 Å². The van der Waals surface area contributed by atoms with Crippen LogP contribution >= 0.6 is 22.9 Å². The number of hydrogen-bond acceptors (Lipinski definition) is 4. The number of likely N-dealkylation sites (N-methyl/N-ethyl adjacent to an activating group) is 1. The molecule has 0 spiro atoms. The molecule has 4 aromatic carbocycles. The van der Waals surface area contributed by atoms with Gasteiger partial charge in [0, 0.05) is 47.3 Å². The van der Waals surface area contributed by atoms with Crippen molar-refractivity contribution < 1.29 is 4.79 Å². The molecule has 0 saturated carbocycles. The number of halogens is 1. The number of carbonyl (C=O) groups excluding carboxylic acids is 1. The molecule has 0 radical (unpaired) electrons. The number of para-hydroxylation sites is 1. The lowest BCUT2D eigenvalue weighted by atomic mass is 9.94. The van der Waals surface area contributed by atoms with E-state index in [0.29, 0.717) is 45.3 Å². The van der Waals surface area contributed by atoms with E-state index < -0.39 is 6.04 Å². The molecule has 0 aliphatic carbocycles. The molecule has 6 nitrogen and oxygen atoms in total. The molecular weight excluding hydrogens is 612 g/mol. The third kappa shape index (κ3) is 5.19. The van der Waals surface area contributed by atoms with Gasteiger partial charge in [0.25, 0.3) is 11.5 Å². The van der Waals surface area contributed by atoms with Gasteiger partial charge in [-0.05, 0) is 66.9 Å². The van der Waals surface area contributed by atoms with Gasteiger partial charge in [0.15, 0.2) is 4.80 Å². The standard InChI is InChI=1S/C38H33ClN4O2S/c1-4-41(5-2)37(45)34-24(3)40-38-43(35(34)26-17-19-29(39)20-18-26)36(44)33(46-38)21-28-23-42(32-16-9-8-15-31(28)32)22-27-13-10-12-25-11-6-7-14-30(25)27/h6-21,23,35H,4-5,22H2,1-3H3/b33-21+/t35-/m0/s1. The number of benzene rings is 4. The normalized spacial score (nSPS) is 15.0. The van der Waals surface area contributed by atoms with Crippen molar-refractivity contribution in [3.05, 3.63) is 150 Å². The van der Waals surface area contributed by atoms with Crippen molar-refractivity contribution in [2.24, 2.45) is 4.99 Å². The van der Waals surface area contributed by atoms with Crippen LogP contribution in [-0.4, -0.2) is 33.0 Å². The number of carbonyl (C=O) groups is 1. The van der Waals surface area contributed by atoms with Crippen LogP contribution in [0.3, 0.4) is 0 Å². The van der Waals surface area contributed by atoms with Crippen molar-refractivity contribution in [3.8, 4) is 0 Å². The Hall–Kier alpha value is -4.72. The molecule has 8 heteroatoms. The number of hydrogen-bond donors (Lipinski definition) is 0. The molecule has 0 N–H and O–H groups in total. The second kappa shape index (κ2) is 12.2. The van der Waals surface area contributed by atoms with Crippen LogP contribution in [0.2, 0.25) is 5.02 Å². The van der Waals surface area contributed by atoms with E-state index in [0.717, 1.165) is 22.0 Å². The summed E-state index contributed by atoms with van der Waals surface area (Å²) in [6.45, 7) is 7.60. The lowest BCUT2D eigenvalue weighted by molar-refractivity contribution is -0.127. The highest BCUT2D eigenvalue weighted by Gasteiger charge is 2.34. The lowest BCUT2D eigenvalue weighted by Crippen LogP contribution is -2.43. The second-order valence-corrected chi connectivity index (χ2v) is 12.9. The van der Waals surface area contributed by atoms with E-state index in [1.165, 1.54) is 27.7 Å². The maximum absolute atomic E-state index is 14.3. The molecule has 0 unspecified atom stereocenters. The molecule has 1 aliphatic rings. The minimum absolute atomic E-state index is 0.114. The summed E-state index contributed by atoms with van der Waals surface area (Å²) in [5.74, 6) is -0.114. The Kier molecular flexibility index (Phi) is 7.97. The minimum Gasteiger partial charge on any atom is -0.342 e. The Bertz CT molecular complexity index is 2340. The molecule has 1 atom stereocenters. The molecule has 3 heterocycles. The molecule has 7 rings (SSSR count). The van der Waals surface area contributed by atoms with Gasteiger partial charge in [-0.1, -0.05) is 95.7 Å². The maximum Gasteiger partial charge on any atom is 0.271 e. The van der Waals surface area contributed by atoms with E-state index in [2.05, 4.69) is 65.4 Å². The number of aromatic nitrogens is 2. The SMILES string of the molecule is CCN(CC)C(=O)C1=C(C)N=c2s/c(=C/c3cn(Cc4cccc5ccccc45)c4ccccc34)c(=O)n2[C@H]1c1ccc(Cl)cc1. The fourth-order valence-electron chi connectivity index (χ4n) is 6.51. The summed E-state index contributed by atoms with van der Waals surface area (Å²) < 4.78 is 4.50. The van der Waals surface area contributed by atoms with E-state index >= 15 is 0 Å². The predicted octanol–water partition coefficient (Wildman–Crippen LogP) is 6.91. The Morgan fingerprint density at radius 2 is 1.63 bits per heavy atom. The first-order valence-corrected chi connectivity index (χ1v) is 16.7. The molecular formula is C38H33ClN4O2S. The van der Waals surface area contributed by atoms with Crippen molar-refractivity contribution in [1.82, 2.24) is 14.0 Å². The summed E-state index contributed by atoms with van der Waals surface area (Å²) in [6.07, 6.45) is 4.10. The first-order chi connectivity index (χ1) is 22.4. The third-order valence-corrected chi connectivity index (χ3v) is 10.1. The molecule has 230 valence electrons. The van der Waals surface area contributed by atoms with Crippen molar-refractivity contribution in [2.45, 2.75) is 33.4 Å². The molecule has 0 fully saturated rings. The number of allylic oxidation sites excluding steroid dienone is 1. The van der Waals surface area contributed by atoms with E-state index in [-0.39, 0.29) is 11.5 Å². The van der Waals surface area contributed by atoms with Crippen molar-refractivity contribution in [2.75, 3.05) is 13.1 Å². The largest absolute Gasteiger partial charge is 0.342 e. The average molecular weight is 645 g/mol. The van der Waals surface area contributed by atoms with Gasteiger partial charge in [-0.2, -0.15) is 0 Å². The summed E-state index contributed by atoms with van der Waals surface area (Å²) in [5.41, 5.74) is 5.05. The zero-order valence-electron chi connectivity index (χ0n) is 25.9. The predicted molar refractivity (Wildman–Crippen MR) is 188 cm³/mol. The van der Waals surface area contributed by atoms with Crippen LogP contribution in [0.25, 0.3) is 27.8 Å². The van der Waals surface area contributed by atoms with Gasteiger partial charge in [0.05, 0.1) is 21.8 Å². The van der Waals surface area contributed by atoms with Crippen LogP contribution in [0, 0.1) is 0 Å². The zero-order valence-corrected chi connectivity index (χ0v) is 27.5. The number of nitrogens with zero attached hydrogens (tertiary/aromatic N) is 4. The highest BCUT2D eigenvalue weighted by molar-refractivity contribution is 7.07. The van der Waals surface area contributed by atoms with Gasteiger partial charge in [-0.25, -0.2) is 4.99 Å². The summed E-state index contributed by atoms with van der Waals surface area (Å²) in [6, 6.07) is 29.9. The second-order valence-electron chi connectivity index (χ2n) is 11.5. The van der Waals surface area contributed by atoms with Gasteiger partial charge in [0.2, 0.25) is 0 Å². The minimum atomic E-state index is -0.614. The quantitative estimate of drug-likeness (QED) is 0.190. The molecule has 0 saturated heterocycles. The summed E-state index contributed by atoms with van der Waals surface area (Å²) in [4.78, 5) is 35.4. The number of amides is 1. The fraction of sp³-hybridized carbons (Fsp3) is 0.184. The zero-order chi connectivity index (χ0) is 31.9. The first kappa shape index (κ1) is 30.0. The smallest absolute Gasteiger partial charge is 0.271 e. The fourth-order valence-corrected chi connectivity index (χ4v) is 7.68. The van der Waals surface area contributed by atoms with Crippen molar-refractivity contribution in [1.29, 1.82) is 0 Å². The lowest BCUT2D eigenvalue weighted by Gasteiger charge is -2.29. The molecule has 0 bridgehead atoms. The summed E-state index contributed by atoms with van der Waals surface area (Å²) in [5, 5.41) is 4.09. The summed E-state index contributed by atoms with van der Waals surface area (Å²) in [7, 11) is 0. The van der Waals surface area contributed by atoms with Crippen LogP contribution in [0.15, 0.2) is 118 Å². The summed E-state index contributed by atoms with van der Waals surface area (Å²) >= 11 is 7.60. The monoisotopic (exact) mass is 644 g/mol. The van der Waals surface area contributed by atoms with Crippen molar-refractivity contribution >= 4 is 56.6 Å². The van der Waals surface area contributed by atoms with Gasteiger partial charge < -0.3 is 9.47 Å². The van der Waals surface area contributed by atoms with Crippen molar-refractivity contribution in [3.63, 3.8) is 0 Å². The molecule has 1 amide bonds. The van der Waals surface area contributed by atoms with E-state index in [1.54, 1.807) is 21.6 Å². The molecule has 1 aliphatic heterocycles. The average Bonchev–Trinajstić information content (AvgIpc) is 3.57. The Labute approximate surface area is 275 Å². The molecule has 2 aromatic heterocycles. The Balaban J connectivity index is 1.38. The number of rotatable bonds is 7. The van der Waals surface area contributed by atoms with Gasteiger partial charge in [0.1, 0.15) is 0 Å².